The largest absolute Gasteiger partial charge is 0.472 e. The van der Waals surface area contributed by atoms with Crippen LogP contribution in [0, 0.1) is 0 Å². The van der Waals surface area contributed by atoms with Crippen LogP contribution >= 0.6 is 15.6 Å². The van der Waals surface area contributed by atoms with Crippen molar-refractivity contribution in [1.29, 1.82) is 0 Å². The monoisotopic (exact) mass is 659 g/mol. The fraction of sp³-hybridized carbons (Fsp3) is 0.500. The topological polar surface area (TPSA) is 304 Å². The number of rotatable bonds is 2. The van der Waals surface area contributed by atoms with Gasteiger partial charge in [0.25, 0.3) is 5.56 Å². The first kappa shape index (κ1) is 29.5. The summed E-state index contributed by atoms with van der Waals surface area (Å²) in [7, 11) is -10.1. The summed E-state index contributed by atoms with van der Waals surface area (Å²) in [5.74, 6) is -0.278. The Kier molecular flexibility index (Phi) is 7.16. The number of fused-ring (bicyclic) bond motifs is 5. The van der Waals surface area contributed by atoms with Gasteiger partial charge in [0.15, 0.2) is 29.3 Å². The molecule has 7 heterocycles. The fourth-order valence-electron chi connectivity index (χ4n) is 5.21. The Morgan fingerprint density at radius 1 is 0.886 bits per heavy atom. The highest BCUT2D eigenvalue weighted by Crippen LogP contribution is 2.53. The summed E-state index contributed by atoms with van der Waals surface area (Å²) in [6.07, 6.45) is -7.42. The Hall–Kier alpha value is -3.24. The van der Waals surface area contributed by atoms with E-state index in [-0.39, 0.29) is 22.8 Å². The molecule has 0 aliphatic carbocycles. The van der Waals surface area contributed by atoms with Gasteiger partial charge in [-0.25, -0.2) is 29.1 Å². The molecule has 236 valence electrons. The van der Waals surface area contributed by atoms with Gasteiger partial charge in [-0.2, -0.15) is 4.98 Å². The maximum atomic E-state index is 13.2. The van der Waals surface area contributed by atoms with E-state index in [1.807, 2.05) is 0 Å². The number of nitrogens with one attached hydrogen (secondary N) is 1. The Labute approximate surface area is 243 Å². The third-order valence-corrected chi connectivity index (χ3v) is 9.14. The molecule has 0 saturated carbocycles. The number of aromatic nitrogens is 8. The average molecular weight is 659 g/mol. The second kappa shape index (κ2) is 10.7. The molecule has 0 amide bonds. The minimum atomic E-state index is -5.09. The molecule has 0 radical (unpaired) electrons. The maximum Gasteiger partial charge on any atom is 0.472 e. The molecule has 4 aromatic heterocycles. The lowest BCUT2D eigenvalue weighted by molar-refractivity contribution is -0.0672. The number of aliphatic hydroxyl groups excluding tert-OH is 2. The lowest BCUT2D eigenvalue weighted by Gasteiger charge is -2.25. The molecule has 3 aliphatic rings. The minimum Gasteiger partial charge on any atom is -0.387 e. The predicted molar refractivity (Wildman–Crippen MR) is 139 cm³/mol. The SMILES string of the molecule is Nc1nc2c(ncn2[C@@H]2O[C@@H]3COP(=O)(O)O[C@@H]4C(COP(=O)(O)O[C@@H]2[C@@H]3O)O[C@@H](n2cnc3cncnc32)[C@@H]4O)c(=O)[nH]1. The normalized spacial score (nSPS) is 38.3. The molecule has 3 fully saturated rings. The number of nitrogens with two attached hydrogens (primary N) is 1. The van der Waals surface area contributed by atoms with E-state index in [0.717, 1.165) is 10.9 Å². The van der Waals surface area contributed by atoms with Gasteiger partial charge in [0, 0.05) is 0 Å². The minimum absolute atomic E-state index is 0.121. The number of nitrogen functional groups attached to an aromatic ring is 1. The van der Waals surface area contributed by atoms with E-state index < -0.39 is 83.5 Å². The van der Waals surface area contributed by atoms with Crippen molar-refractivity contribution in [3.05, 3.63) is 35.5 Å². The van der Waals surface area contributed by atoms with Crippen LogP contribution in [0.2, 0.25) is 0 Å². The quantitative estimate of drug-likeness (QED) is 0.128. The van der Waals surface area contributed by atoms with Crippen LogP contribution in [0.3, 0.4) is 0 Å². The molecule has 24 heteroatoms. The van der Waals surface area contributed by atoms with E-state index in [2.05, 4.69) is 29.9 Å². The second-order valence-electron chi connectivity index (χ2n) is 9.94. The summed E-state index contributed by atoms with van der Waals surface area (Å²) in [5.41, 5.74) is 5.27. The van der Waals surface area contributed by atoms with Crippen molar-refractivity contribution in [3.63, 3.8) is 0 Å². The van der Waals surface area contributed by atoms with Gasteiger partial charge in [0.05, 0.1) is 32.1 Å². The third kappa shape index (κ3) is 5.13. The first-order valence-electron chi connectivity index (χ1n) is 12.7. The highest BCUT2D eigenvalue weighted by Gasteiger charge is 2.54. The van der Waals surface area contributed by atoms with E-state index >= 15 is 0 Å². The van der Waals surface area contributed by atoms with Gasteiger partial charge in [0.1, 0.15) is 48.5 Å². The van der Waals surface area contributed by atoms with Gasteiger partial charge in [-0.15, -0.1) is 0 Å². The molecule has 2 bridgehead atoms. The van der Waals surface area contributed by atoms with E-state index in [0.29, 0.717) is 5.52 Å². The molecular weight excluding hydrogens is 636 g/mol. The summed E-state index contributed by atoms with van der Waals surface area (Å²) in [6.45, 7) is -1.61. The summed E-state index contributed by atoms with van der Waals surface area (Å²) in [5, 5.41) is 22.1. The Morgan fingerprint density at radius 2 is 1.55 bits per heavy atom. The Morgan fingerprint density at radius 3 is 2.32 bits per heavy atom. The smallest absolute Gasteiger partial charge is 0.387 e. The number of ether oxygens (including phenoxy) is 2. The summed E-state index contributed by atoms with van der Waals surface area (Å²) in [4.78, 5) is 55.8. The Bertz CT molecular complexity index is 1880. The van der Waals surface area contributed by atoms with Crippen molar-refractivity contribution in [3.8, 4) is 0 Å². The van der Waals surface area contributed by atoms with Crippen molar-refractivity contribution in [1.82, 2.24) is 39.0 Å². The van der Waals surface area contributed by atoms with Crippen LogP contribution in [-0.2, 0) is 36.7 Å². The molecule has 3 aliphatic heterocycles. The van der Waals surface area contributed by atoms with Gasteiger partial charge in [0.2, 0.25) is 5.95 Å². The lowest BCUT2D eigenvalue weighted by Crippen LogP contribution is -2.36. The van der Waals surface area contributed by atoms with E-state index in [4.69, 9.17) is 33.3 Å². The molecule has 22 nitrogen and oxygen atoms in total. The molecule has 44 heavy (non-hydrogen) atoms. The second-order valence-corrected chi connectivity index (χ2v) is 12.8. The number of phosphoric acid groups is 2. The average Bonchev–Trinajstić information content (AvgIpc) is 3.72. The molecule has 3 unspecified atom stereocenters. The van der Waals surface area contributed by atoms with Crippen molar-refractivity contribution < 1.29 is 56.7 Å². The van der Waals surface area contributed by atoms with Gasteiger partial charge < -0.3 is 35.2 Å². The van der Waals surface area contributed by atoms with Crippen LogP contribution in [0.5, 0.6) is 0 Å². The predicted octanol–water partition coefficient (Wildman–Crippen LogP) is -1.92. The van der Waals surface area contributed by atoms with Gasteiger partial charge in [-0.3, -0.25) is 37.0 Å². The highest BCUT2D eigenvalue weighted by atomic mass is 31.2. The lowest BCUT2D eigenvalue weighted by atomic mass is 10.1. The van der Waals surface area contributed by atoms with Crippen LogP contribution in [0.25, 0.3) is 22.3 Å². The van der Waals surface area contributed by atoms with Crippen LogP contribution in [0.1, 0.15) is 12.5 Å². The molecular formula is C20H23N9O13P2. The van der Waals surface area contributed by atoms with E-state index in [1.54, 1.807) is 0 Å². The van der Waals surface area contributed by atoms with Crippen LogP contribution < -0.4 is 11.3 Å². The van der Waals surface area contributed by atoms with E-state index in [9.17, 15) is 33.9 Å². The molecule has 7 N–H and O–H groups in total. The molecule has 7 rings (SSSR count). The number of aliphatic hydroxyl groups is 2. The maximum absolute atomic E-state index is 13.2. The van der Waals surface area contributed by atoms with Crippen molar-refractivity contribution in [2.24, 2.45) is 0 Å². The molecule has 3 saturated heterocycles. The number of H-pyrrole nitrogens is 1. The number of hydrogen-bond acceptors (Lipinski definition) is 17. The molecule has 0 aromatic carbocycles. The zero-order chi connectivity index (χ0) is 31.0. The number of nitrogens with zero attached hydrogens (tertiary/aromatic N) is 7. The summed E-state index contributed by atoms with van der Waals surface area (Å²) < 4.78 is 61.1. The van der Waals surface area contributed by atoms with Crippen molar-refractivity contribution >= 4 is 43.9 Å². The number of anilines is 1. The highest BCUT2D eigenvalue weighted by molar-refractivity contribution is 7.47. The van der Waals surface area contributed by atoms with Crippen molar-refractivity contribution in [2.75, 3.05) is 18.9 Å². The standard InChI is InChI=1S/C20H23N9O13P2/c21-20-26-16-10(17(32)27-20)25-6-29(16)19-14-11(30)8(39-19)2-37-43(33,34)41-13-9(3-38-44(35,36)42-14)40-18(12(13)31)28-5-24-7-1-22-4-23-15(7)28/h1,4-6,8-9,11-14,18-19,30-31H,2-3H2,(H,33,34)(H,35,36)(H3,21,26,27,32)/t8-,9?,11-,12-,13-,14-,18-,19-/m1/s1. The summed E-state index contributed by atoms with van der Waals surface area (Å²) in [6, 6.07) is 0. The zero-order valence-corrected chi connectivity index (χ0v) is 23.7. The number of aromatic amines is 1. The number of hydrogen-bond donors (Lipinski definition) is 6. The summed E-state index contributed by atoms with van der Waals surface area (Å²) >= 11 is 0. The molecule has 4 aromatic rings. The van der Waals surface area contributed by atoms with Gasteiger partial charge in [-0.05, 0) is 0 Å². The van der Waals surface area contributed by atoms with Crippen LogP contribution in [0.15, 0.2) is 30.0 Å². The van der Waals surface area contributed by atoms with E-state index in [1.165, 1.54) is 23.4 Å². The number of imidazole rings is 2. The Balaban J connectivity index is 1.21. The third-order valence-electron chi connectivity index (χ3n) is 7.17. The molecule has 10 atom stereocenters. The van der Waals surface area contributed by atoms with Gasteiger partial charge >= 0.3 is 15.6 Å². The van der Waals surface area contributed by atoms with Gasteiger partial charge in [-0.1, -0.05) is 0 Å². The molecule has 0 spiro atoms. The van der Waals surface area contributed by atoms with Crippen LogP contribution in [-0.4, -0.2) is 109 Å². The van der Waals surface area contributed by atoms with Crippen molar-refractivity contribution in [2.45, 2.75) is 49.1 Å². The van der Waals surface area contributed by atoms with Crippen LogP contribution in [0.4, 0.5) is 5.95 Å². The zero-order valence-electron chi connectivity index (χ0n) is 21.9. The first-order chi connectivity index (χ1) is 20.9. The fourth-order valence-corrected chi connectivity index (χ4v) is 7.11. The number of phosphoric ester groups is 2. The first-order valence-corrected chi connectivity index (χ1v) is 15.7.